The first-order valence-electron chi connectivity index (χ1n) is 7.21. The van der Waals surface area contributed by atoms with E-state index in [9.17, 15) is 0 Å². The van der Waals surface area contributed by atoms with E-state index in [1.54, 1.807) is 0 Å². The molecular weight excluding hydrogens is 272 g/mol. The molecule has 0 fully saturated rings. The molecule has 2 aromatic carbocycles. The zero-order valence-corrected chi connectivity index (χ0v) is 12.7. The predicted molar refractivity (Wildman–Crippen MR) is 91.0 cm³/mol. The van der Waals surface area contributed by atoms with E-state index in [1.807, 2.05) is 48.5 Å². The molecule has 22 heavy (non-hydrogen) atoms. The molecular formula is C18H18N4. The van der Waals surface area contributed by atoms with Crippen LogP contribution in [0, 0.1) is 13.8 Å². The van der Waals surface area contributed by atoms with E-state index in [2.05, 4.69) is 46.8 Å². The Morgan fingerprint density at radius 3 is 1.36 bits per heavy atom. The number of aromatic nitrogens is 2. The van der Waals surface area contributed by atoms with Crippen LogP contribution in [0.3, 0.4) is 0 Å². The van der Waals surface area contributed by atoms with Crippen LogP contribution < -0.4 is 10.6 Å². The van der Waals surface area contributed by atoms with E-state index < -0.39 is 0 Å². The van der Waals surface area contributed by atoms with Crippen LogP contribution in [-0.2, 0) is 0 Å². The second kappa shape index (κ2) is 6.26. The fourth-order valence-corrected chi connectivity index (χ4v) is 2.17. The number of aryl methyl sites for hydroxylation is 2. The van der Waals surface area contributed by atoms with Gasteiger partial charge in [0.05, 0.1) is 0 Å². The van der Waals surface area contributed by atoms with Gasteiger partial charge in [0.25, 0.3) is 0 Å². The minimum absolute atomic E-state index is 0.727. The molecule has 0 radical (unpaired) electrons. The molecule has 0 unspecified atom stereocenters. The van der Waals surface area contributed by atoms with Gasteiger partial charge in [-0.3, -0.25) is 0 Å². The number of anilines is 4. The average molecular weight is 290 g/mol. The zero-order valence-electron chi connectivity index (χ0n) is 12.7. The van der Waals surface area contributed by atoms with Gasteiger partial charge in [0.15, 0.2) is 11.6 Å². The quantitative estimate of drug-likeness (QED) is 0.738. The number of para-hydroxylation sites is 2. The summed E-state index contributed by atoms with van der Waals surface area (Å²) in [5.41, 5.74) is 4.42. The molecule has 0 atom stereocenters. The summed E-state index contributed by atoms with van der Waals surface area (Å²) >= 11 is 0. The summed E-state index contributed by atoms with van der Waals surface area (Å²) in [5.74, 6) is 1.45. The lowest BCUT2D eigenvalue weighted by molar-refractivity contribution is 1.04. The van der Waals surface area contributed by atoms with Crippen LogP contribution in [0.4, 0.5) is 23.0 Å². The van der Waals surface area contributed by atoms with Crippen LogP contribution in [-0.4, -0.2) is 10.2 Å². The van der Waals surface area contributed by atoms with Crippen LogP contribution in [0.2, 0.25) is 0 Å². The van der Waals surface area contributed by atoms with Gasteiger partial charge in [0.2, 0.25) is 0 Å². The molecule has 3 aromatic rings. The van der Waals surface area contributed by atoms with E-state index in [-0.39, 0.29) is 0 Å². The average Bonchev–Trinajstić information content (AvgIpc) is 2.54. The Morgan fingerprint density at radius 2 is 1.00 bits per heavy atom. The van der Waals surface area contributed by atoms with Crippen LogP contribution in [0.15, 0.2) is 60.7 Å². The van der Waals surface area contributed by atoms with Crippen molar-refractivity contribution in [1.29, 1.82) is 0 Å². The number of nitrogens with zero attached hydrogens (tertiary/aromatic N) is 2. The second-order valence-electron chi connectivity index (χ2n) is 5.18. The molecule has 2 N–H and O–H groups in total. The molecule has 0 aliphatic rings. The van der Waals surface area contributed by atoms with Gasteiger partial charge in [-0.1, -0.05) is 36.4 Å². The van der Waals surface area contributed by atoms with Gasteiger partial charge in [-0.15, -0.1) is 10.2 Å². The van der Waals surface area contributed by atoms with Crippen molar-refractivity contribution in [3.8, 4) is 0 Å². The monoisotopic (exact) mass is 290 g/mol. The van der Waals surface area contributed by atoms with E-state index in [4.69, 9.17) is 0 Å². The number of hydrogen-bond acceptors (Lipinski definition) is 4. The van der Waals surface area contributed by atoms with Crippen LogP contribution in [0.25, 0.3) is 0 Å². The highest BCUT2D eigenvalue weighted by atomic mass is 15.2. The molecule has 0 saturated carbocycles. The molecule has 3 rings (SSSR count). The Balaban J connectivity index is 1.73. The first kappa shape index (κ1) is 14.1. The minimum atomic E-state index is 0.727. The highest BCUT2D eigenvalue weighted by Gasteiger charge is 2.02. The normalized spacial score (nSPS) is 10.3. The van der Waals surface area contributed by atoms with Gasteiger partial charge in [-0.25, -0.2) is 0 Å². The van der Waals surface area contributed by atoms with Crippen molar-refractivity contribution in [1.82, 2.24) is 10.2 Å². The first-order valence-corrected chi connectivity index (χ1v) is 7.21. The summed E-state index contributed by atoms with van der Waals surface area (Å²) in [6, 6.07) is 20.0. The van der Waals surface area contributed by atoms with Crippen molar-refractivity contribution in [3.05, 3.63) is 71.8 Å². The lowest BCUT2D eigenvalue weighted by atomic mass is 10.2. The Morgan fingerprint density at radius 1 is 0.591 bits per heavy atom. The fraction of sp³-hybridized carbons (Fsp3) is 0.111. The van der Waals surface area contributed by atoms with Crippen molar-refractivity contribution in [2.24, 2.45) is 0 Å². The van der Waals surface area contributed by atoms with Gasteiger partial charge < -0.3 is 10.6 Å². The third-order valence-electron chi connectivity index (χ3n) is 3.48. The van der Waals surface area contributed by atoms with E-state index >= 15 is 0 Å². The molecule has 4 nitrogen and oxygen atoms in total. The molecule has 1 aromatic heterocycles. The van der Waals surface area contributed by atoms with Crippen LogP contribution in [0.5, 0.6) is 0 Å². The molecule has 0 bridgehead atoms. The minimum Gasteiger partial charge on any atom is -0.339 e. The third-order valence-corrected chi connectivity index (χ3v) is 3.48. The standard InChI is InChI=1S/C18H18N4/c1-13-7-3-5-9-15(13)19-17-11-12-18(22-21-17)20-16-10-6-4-8-14(16)2/h3-12H,1-2H3,(H,19,21)(H,20,22). The SMILES string of the molecule is Cc1ccccc1Nc1ccc(Nc2ccccc2C)nn1. The van der Waals surface area contributed by atoms with Crippen molar-refractivity contribution < 1.29 is 0 Å². The third kappa shape index (κ3) is 3.23. The lowest BCUT2D eigenvalue weighted by Crippen LogP contribution is -2.00. The van der Waals surface area contributed by atoms with Gasteiger partial charge >= 0.3 is 0 Å². The molecule has 0 aliphatic heterocycles. The Kier molecular flexibility index (Phi) is 4.01. The molecule has 0 aliphatic carbocycles. The van der Waals surface area contributed by atoms with Gasteiger partial charge in [0, 0.05) is 11.4 Å². The highest BCUT2D eigenvalue weighted by Crippen LogP contribution is 2.21. The maximum Gasteiger partial charge on any atom is 0.153 e. The number of hydrogen-bond donors (Lipinski definition) is 2. The Hall–Kier alpha value is -2.88. The molecule has 0 amide bonds. The molecule has 4 heteroatoms. The summed E-state index contributed by atoms with van der Waals surface area (Å²) < 4.78 is 0. The van der Waals surface area contributed by atoms with Crippen molar-refractivity contribution >= 4 is 23.0 Å². The first-order chi connectivity index (χ1) is 10.7. The fourth-order valence-electron chi connectivity index (χ4n) is 2.17. The van der Waals surface area contributed by atoms with Crippen LogP contribution in [0.1, 0.15) is 11.1 Å². The zero-order chi connectivity index (χ0) is 15.4. The van der Waals surface area contributed by atoms with Crippen LogP contribution >= 0.6 is 0 Å². The van der Waals surface area contributed by atoms with Crippen molar-refractivity contribution in [2.75, 3.05) is 10.6 Å². The van der Waals surface area contributed by atoms with E-state index in [0.29, 0.717) is 0 Å². The number of benzene rings is 2. The van der Waals surface area contributed by atoms with Gasteiger partial charge in [0.1, 0.15) is 0 Å². The Bertz CT molecular complexity index is 700. The highest BCUT2D eigenvalue weighted by molar-refractivity contribution is 5.63. The lowest BCUT2D eigenvalue weighted by Gasteiger charge is -2.10. The van der Waals surface area contributed by atoms with Crippen molar-refractivity contribution in [2.45, 2.75) is 13.8 Å². The summed E-state index contributed by atoms with van der Waals surface area (Å²) in [4.78, 5) is 0. The van der Waals surface area contributed by atoms with Gasteiger partial charge in [-0.2, -0.15) is 0 Å². The summed E-state index contributed by atoms with van der Waals surface area (Å²) in [6.07, 6.45) is 0. The number of rotatable bonds is 4. The largest absolute Gasteiger partial charge is 0.339 e. The topological polar surface area (TPSA) is 49.8 Å². The predicted octanol–water partition coefficient (Wildman–Crippen LogP) is 4.58. The second-order valence-corrected chi connectivity index (χ2v) is 5.18. The maximum absolute atomic E-state index is 4.22. The van der Waals surface area contributed by atoms with E-state index in [0.717, 1.165) is 23.0 Å². The van der Waals surface area contributed by atoms with Gasteiger partial charge in [-0.05, 0) is 49.2 Å². The molecule has 0 saturated heterocycles. The molecule has 0 spiro atoms. The van der Waals surface area contributed by atoms with E-state index in [1.165, 1.54) is 11.1 Å². The summed E-state index contributed by atoms with van der Waals surface area (Å²) in [6.45, 7) is 4.12. The number of nitrogens with one attached hydrogen (secondary N) is 2. The summed E-state index contributed by atoms with van der Waals surface area (Å²) in [7, 11) is 0. The van der Waals surface area contributed by atoms with Crippen molar-refractivity contribution in [3.63, 3.8) is 0 Å². The molecule has 110 valence electrons. The summed E-state index contributed by atoms with van der Waals surface area (Å²) in [5, 5.41) is 15.0. The molecule has 1 heterocycles. The smallest absolute Gasteiger partial charge is 0.153 e. The maximum atomic E-state index is 4.22. The Labute approximate surface area is 130 Å².